The Kier molecular flexibility index (Phi) is 7.43. The number of carbonyl (C=O) groups is 1. The van der Waals surface area contributed by atoms with Crippen molar-refractivity contribution in [2.45, 2.75) is 20.8 Å². The van der Waals surface area contributed by atoms with Gasteiger partial charge in [-0.3, -0.25) is 0 Å². The van der Waals surface area contributed by atoms with E-state index in [0.29, 0.717) is 59.2 Å². The van der Waals surface area contributed by atoms with Gasteiger partial charge in [0, 0.05) is 17.8 Å². The van der Waals surface area contributed by atoms with Crippen LogP contribution in [0.2, 0.25) is 5.02 Å². The number of carbonyl (C=O) groups excluding carboxylic acids is 1. The van der Waals surface area contributed by atoms with Crippen molar-refractivity contribution < 1.29 is 19.0 Å². The second-order valence-electron chi connectivity index (χ2n) is 5.42. The number of hydrogen-bond acceptors (Lipinski definition) is 5. The molecule has 7 nitrogen and oxygen atoms in total. The Balaban J connectivity index is 2.24. The molecule has 0 heterocycles. The van der Waals surface area contributed by atoms with Crippen molar-refractivity contribution in [3.8, 4) is 17.2 Å². The van der Waals surface area contributed by atoms with E-state index in [9.17, 15) is 4.79 Å². The molecule has 8 heteroatoms. The summed E-state index contributed by atoms with van der Waals surface area (Å²) in [6.07, 6.45) is 0. The number of halogens is 1. The molecule has 2 rings (SSSR count). The molecule has 4 N–H and O–H groups in total. The summed E-state index contributed by atoms with van der Waals surface area (Å²) in [5.41, 5.74) is 7.12. The first kappa shape index (κ1) is 20.5. The van der Waals surface area contributed by atoms with Gasteiger partial charge in [0.05, 0.1) is 36.2 Å². The average molecular weight is 394 g/mol. The van der Waals surface area contributed by atoms with Gasteiger partial charge in [-0.25, -0.2) is 4.79 Å². The number of nitrogens with one attached hydrogen (secondary N) is 2. The van der Waals surface area contributed by atoms with Gasteiger partial charge in [0.25, 0.3) is 0 Å². The normalized spacial score (nSPS) is 10.2. The third kappa shape index (κ3) is 5.59. The number of anilines is 3. The van der Waals surface area contributed by atoms with Gasteiger partial charge in [0.15, 0.2) is 11.5 Å². The zero-order valence-electron chi connectivity index (χ0n) is 15.6. The molecule has 0 spiro atoms. The lowest BCUT2D eigenvalue weighted by atomic mass is 10.2. The Bertz CT molecular complexity index is 772. The van der Waals surface area contributed by atoms with Crippen LogP contribution in [0.15, 0.2) is 30.3 Å². The second-order valence-corrected chi connectivity index (χ2v) is 5.83. The Morgan fingerprint density at radius 1 is 0.963 bits per heavy atom. The van der Waals surface area contributed by atoms with Gasteiger partial charge in [-0.15, -0.1) is 0 Å². The predicted molar refractivity (Wildman–Crippen MR) is 108 cm³/mol. The van der Waals surface area contributed by atoms with E-state index in [1.165, 1.54) is 0 Å². The highest BCUT2D eigenvalue weighted by molar-refractivity contribution is 6.34. The summed E-state index contributed by atoms with van der Waals surface area (Å²) in [4.78, 5) is 12.3. The topological polar surface area (TPSA) is 94.8 Å². The first-order chi connectivity index (χ1) is 13.0. The fourth-order valence-corrected chi connectivity index (χ4v) is 2.61. The Morgan fingerprint density at radius 3 is 2.07 bits per heavy atom. The summed E-state index contributed by atoms with van der Waals surface area (Å²) in [7, 11) is 0. The van der Waals surface area contributed by atoms with Crippen LogP contribution in [0.25, 0.3) is 0 Å². The van der Waals surface area contributed by atoms with Crippen molar-refractivity contribution in [1.82, 2.24) is 0 Å². The Labute approximate surface area is 163 Å². The minimum absolute atomic E-state index is 0.349. The molecule has 0 radical (unpaired) electrons. The monoisotopic (exact) mass is 393 g/mol. The highest BCUT2D eigenvalue weighted by Crippen LogP contribution is 2.40. The molecule has 0 aromatic heterocycles. The molecule has 0 fully saturated rings. The summed E-state index contributed by atoms with van der Waals surface area (Å²) in [5, 5.41) is 5.77. The average Bonchev–Trinajstić information content (AvgIpc) is 2.61. The second kappa shape index (κ2) is 9.78. The molecule has 0 aliphatic heterocycles. The van der Waals surface area contributed by atoms with Crippen LogP contribution in [0, 0.1) is 0 Å². The molecule has 2 aromatic carbocycles. The molecule has 0 aliphatic carbocycles. The van der Waals surface area contributed by atoms with Gasteiger partial charge in [-0.2, -0.15) is 0 Å². The number of nitrogens with two attached hydrogens (primary N) is 1. The van der Waals surface area contributed by atoms with Crippen molar-refractivity contribution >= 4 is 34.7 Å². The maximum absolute atomic E-state index is 12.3. The highest BCUT2D eigenvalue weighted by Gasteiger charge is 2.16. The summed E-state index contributed by atoms with van der Waals surface area (Å²) in [5.74, 6) is 1.49. The van der Waals surface area contributed by atoms with Crippen molar-refractivity contribution in [3.63, 3.8) is 0 Å². The predicted octanol–water partition coefficient (Wildman–Crippen LogP) is 4.76. The fraction of sp³-hybridized carbons (Fsp3) is 0.316. The van der Waals surface area contributed by atoms with Crippen LogP contribution in [0.5, 0.6) is 17.2 Å². The number of benzene rings is 2. The summed E-state index contributed by atoms with van der Waals surface area (Å²) in [6.45, 7) is 6.97. The van der Waals surface area contributed by atoms with Crippen LogP contribution in [0.1, 0.15) is 20.8 Å². The quantitative estimate of drug-likeness (QED) is 0.562. The van der Waals surface area contributed by atoms with Crippen LogP contribution < -0.4 is 30.6 Å². The zero-order chi connectivity index (χ0) is 19.8. The molecule has 0 aliphatic rings. The first-order valence-corrected chi connectivity index (χ1v) is 9.05. The molecule has 0 unspecified atom stereocenters. The SMILES string of the molecule is CCOc1cc(NC(=O)Nc2ccc(N)cc2Cl)cc(OCC)c1OCC. The molecule has 27 heavy (non-hydrogen) atoms. The van der Waals surface area contributed by atoms with Crippen molar-refractivity contribution in [2.24, 2.45) is 0 Å². The number of nitrogen functional groups attached to an aromatic ring is 1. The summed E-state index contributed by atoms with van der Waals surface area (Å²) in [6, 6.07) is 7.75. The minimum Gasteiger partial charge on any atom is -0.490 e. The van der Waals surface area contributed by atoms with Crippen molar-refractivity contribution in [1.29, 1.82) is 0 Å². The number of hydrogen-bond donors (Lipinski definition) is 3. The number of ether oxygens (including phenoxy) is 3. The standard InChI is InChI=1S/C19H24ClN3O4/c1-4-25-16-10-13(11-17(26-5-2)18(16)27-6-3)22-19(24)23-15-8-7-12(21)9-14(15)20/h7-11H,4-6,21H2,1-3H3,(H2,22,23,24). The molecule has 2 aromatic rings. The molecule has 146 valence electrons. The first-order valence-electron chi connectivity index (χ1n) is 8.67. The molecule has 0 bridgehead atoms. The van der Waals surface area contributed by atoms with E-state index in [-0.39, 0.29) is 0 Å². The molecule has 0 saturated carbocycles. The van der Waals surface area contributed by atoms with Gasteiger partial charge in [-0.05, 0) is 39.0 Å². The minimum atomic E-state index is -0.462. The molecular weight excluding hydrogens is 370 g/mol. The fourth-order valence-electron chi connectivity index (χ4n) is 2.38. The number of rotatable bonds is 8. The van der Waals surface area contributed by atoms with E-state index in [1.54, 1.807) is 30.3 Å². The number of urea groups is 1. The molecule has 0 saturated heterocycles. The van der Waals surface area contributed by atoms with Gasteiger partial charge >= 0.3 is 6.03 Å². The van der Waals surface area contributed by atoms with E-state index in [2.05, 4.69) is 10.6 Å². The summed E-state index contributed by atoms with van der Waals surface area (Å²) < 4.78 is 16.9. The van der Waals surface area contributed by atoms with Crippen molar-refractivity contribution in [3.05, 3.63) is 35.4 Å². The summed E-state index contributed by atoms with van der Waals surface area (Å²) >= 11 is 6.09. The maximum atomic E-state index is 12.3. The van der Waals surface area contributed by atoms with Crippen LogP contribution in [-0.2, 0) is 0 Å². The van der Waals surface area contributed by atoms with Crippen molar-refractivity contribution in [2.75, 3.05) is 36.2 Å². The van der Waals surface area contributed by atoms with E-state index in [1.807, 2.05) is 20.8 Å². The largest absolute Gasteiger partial charge is 0.490 e. The lowest BCUT2D eigenvalue weighted by molar-refractivity contribution is 0.260. The van der Waals surface area contributed by atoms with Gasteiger partial charge in [0.1, 0.15) is 0 Å². The lowest BCUT2D eigenvalue weighted by Crippen LogP contribution is -2.20. The van der Waals surface area contributed by atoms with Crippen LogP contribution >= 0.6 is 11.6 Å². The van der Waals surface area contributed by atoms with Crippen LogP contribution in [-0.4, -0.2) is 25.9 Å². The Morgan fingerprint density at radius 2 is 1.56 bits per heavy atom. The highest BCUT2D eigenvalue weighted by atomic mass is 35.5. The Hall–Kier alpha value is -2.80. The smallest absolute Gasteiger partial charge is 0.323 e. The maximum Gasteiger partial charge on any atom is 0.323 e. The van der Waals surface area contributed by atoms with Crippen LogP contribution in [0.4, 0.5) is 21.9 Å². The van der Waals surface area contributed by atoms with Gasteiger partial charge < -0.3 is 30.6 Å². The van der Waals surface area contributed by atoms with E-state index in [4.69, 9.17) is 31.5 Å². The lowest BCUT2D eigenvalue weighted by Gasteiger charge is -2.17. The zero-order valence-corrected chi connectivity index (χ0v) is 16.4. The molecule has 2 amide bonds. The van der Waals surface area contributed by atoms with Gasteiger partial charge in [0.2, 0.25) is 5.75 Å². The number of amides is 2. The molecule has 0 atom stereocenters. The van der Waals surface area contributed by atoms with E-state index >= 15 is 0 Å². The third-order valence-corrected chi connectivity index (χ3v) is 3.72. The van der Waals surface area contributed by atoms with E-state index in [0.717, 1.165) is 0 Å². The van der Waals surface area contributed by atoms with E-state index < -0.39 is 6.03 Å². The van der Waals surface area contributed by atoms with Gasteiger partial charge in [-0.1, -0.05) is 11.6 Å². The van der Waals surface area contributed by atoms with Crippen LogP contribution in [0.3, 0.4) is 0 Å². The third-order valence-electron chi connectivity index (χ3n) is 3.41. The molecular formula is C19H24ClN3O4.